The Kier molecular flexibility index (Phi) is 5.28. The minimum Gasteiger partial charge on any atom is -0.461 e. The summed E-state index contributed by atoms with van der Waals surface area (Å²) < 4.78 is 19.5. The molecular formula is C23H16O10. The molecule has 4 rings (SSSR count). The normalized spacial score (nSPS) is 14.4. The first kappa shape index (κ1) is 21.9. The highest BCUT2D eigenvalue weighted by molar-refractivity contribution is 6.16. The minimum absolute atomic E-state index is 0.0115. The molecule has 0 N–H and O–H groups in total. The number of hydrogen-bond donors (Lipinski definition) is 0. The van der Waals surface area contributed by atoms with Crippen LogP contribution in [0.2, 0.25) is 0 Å². The number of benzene rings is 2. The fraction of sp³-hybridized carbons (Fsp3) is 0.217. The maximum atomic E-state index is 12.4. The lowest BCUT2D eigenvalue weighted by Gasteiger charge is -2.23. The topological polar surface area (TPSA) is 139 Å². The van der Waals surface area contributed by atoms with Crippen molar-refractivity contribution in [3.05, 3.63) is 69.8 Å². The SMILES string of the molecule is CC(C)(COC(=O)c1ccc2c(c1)C(=O)OC2=O)COC(=O)c1ccc2c(c1)C(=O)OC2=O. The van der Waals surface area contributed by atoms with Gasteiger partial charge < -0.3 is 18.9 Å². The number of carbonyl (C=O) groups is 6. The molecule has 2 aliphatic heterocycles. The van der Waals surface area contributed by atoms with E-state index in [9.17, 15) is 28.8 Å². The fourth-order valence-electron chi connectivity index (χ4n) is 3.15. The van der Waals surface area contributed by atoms with Crippen molar-refractivity contribution in [2.75, 3.05) is 13.2 Å². The van der Waals surface area contributed by atoms with E-state index in [4.69, 9.17) is 9.47 Å². The smallest absolute Gasteiger partial charge is 0.346 e. The first-order valence-corrected chi connectivity index (χ1v) is 9.71. The van der Waals surface area contributed by atoms with Gasteiger partial charge in [0, 0.05) is 5.41 Å². The molecule has 0 atom stereocenters. The molecule has 0 radical (unpaired) electrons. The minimum atomic E-state index is -0.832. The van der Waals surface area contributed by atoms with Gasteiger partial charge >= 0.3 is 35.8 Å². The zero-order chi connectivity index (χ0) is 23.9. The lowest BCUT2D eigenvalue weighted by atomic mass is 9.96. The number of cyclic esters (lactones) is 4. The monoisotopic (exact) mass is 452 g/mol. The second-order valence-electron chi connectivity index (χ2n) is 8.19. The van der Waals surface area contributed by atoms with Gasteiger partial charge in [0.1, 0.15) is 0 Å². The predicted molar refractivity (Wildman–Crippen MR) is 107 cm³/mol. The van der Waals surface area contributed by atoms with Crippen molar-refractivity contribution in [1.29, 1.82) is 0 Å². The highest BCUT2D eigenvalue weighted by Crippen LogP contribution is 2.24. The number of rotatable bonds is 6. The van der Waals surface area contributed by atoms with Crippen LogP contribution in [0.1, 0.15) is 76.0 Å². The first-order valence-electron chi connectivity index (χ1n) is 9.71. The Labute approximate surface area is 186 Å². The molecular weight excluding hydrogens is 436 g/mol. The van der Waals surface area contributed by atoms with Gasteiger partial charge in [0.25, 0.3) is 0 Å². The average Bonchev–Trinajstić information content (AvgIpc) is 3.24. The third-order valence-electron chi connectivity index (χ3n) is 4.95. The van der Waals surface area contributed by atoms with E-state index in [2.05, 4.69) is 9.47 Å². The zero-order valence-electron chi connectivity index (χ0n) is 17.5. The van der Waals surface area contributed by atoms with Gasteiger partial charge in [-0.3, -0.25) is 0 Å². The van der Waals surface area contributed by atoms with Gasteiger partial charge in [-0.05, 0) is 36.4 Å². The molecule has 0 aromatic heterocycles. The fourth-order valence-corrected chi connectivity index (χ4v) is 3.15. The number of hydrogen-bond acceptors (Lipinski definition) is 10. The van der Waals surface area contributed by atoms with Crippen molar-refractivity contribution in [2.45, 2.75) is 13.8 Å². The Balaban J connectivity index is 1.34. The summed E-state index contributed by atoms with van der Waals surface area (Å²) in [4.78, 5) is 71.0. The zero-order valence-corrected chi connectivity index (χ0v) is 17.5. The molecule has 2 aromatic carbocycles. The van der Waals surface area contributed by atoms with E-state index in [0.29, 0.717) is 0 Å². The van der Waals surface area contributed by atoms with Gasteiger partial charge in [-0.1, -0.05) is 13.8 Å². The van der Waals surface area contributed by atoms with Gasteiger partial charge in [-0.15, -0.1) is 0 Å². The Morgan fingerprint density at radius 2 is 1.03 bits per heavy atom. The van der Waals surface area contributed by atoms with Crippen LogP contribution in [0.15, 0.2) is 36.4 Å². The molecule has 2 aliphatic rings. The Hall–Kier alpha value is -4.34. The van der Waals surface area contributed by atoms with Gasteiger partial charge in [-0.25, -0.2) is 28.8 Å². The van der Waals surface area contributed by atoms with Crippen molar-refractivity contribution in [3.63, 3.8) is 0 Å². The van der Waals surface area contributed by atoms with E-state index in [1.807, 2.05) is 0 Å². The van der Waals surface area contributed by atoms with Crippen LogP contribution in [-0.4, -0.2) is 49.0 Å². The van der Waals surface area contributed by atoms with Crippen LogP contribution in [0.25, 0.3) is 0 Å². The molecule has 10 nitrogen and oxygen atoms in total. The number of carbonyl (C=O) groups excluding carboxylic acids is 6. The van der Waals surface area contributed by atoms with Crippen LogP contribution >= 0.6 is 0 Å². The van der Waals surface area contributed by atoms with Gasteiger partial charge in [-0.2, -0.15) is 0 Å². The molecule has 0 aliphatic carbocycles. The molecule has 0 spiro atoms. The summed E-state index contributed by atoms with van der Waals surface area (Å²) in [7, 11) is 0. The molecule has 0 bridgehead atoms. The summed E-state index contributed by atoms with van der Waals surface area (Å²) >= 11 is 0. The van der Waals surface area contributed by atoms with Crippen molar-refractivity contribution in [1.82, 2.24) is 0 Å². The predicted octanol–water partition coefficient (Wildman–Crippen LogP) is 2.35. The van der Waals surface area contributed by atoms with Crippen molar-refractivity contribution in [3.8, 4) is 0 Å². The molecule has 2 heterocycles. The molecule has 0 saturated carbocycles. The molecule has 2 aromatic rings. The quantitative estimate of drug-likeness (QED) is 0.364. The first-order chi connectivity index (χ1) is 15.6. The summed E-state index contributed by atoms with van der Waals surface area (Å²) in [5.41, 5.74) is -0.519. The molecule has 0 saturated heterocycles. The standard InChI is InChI=1S/C23H16O10/c1-23(2,9-30-17(24)11-3-5-13-15(7-11)21(28)32-19(13)26)10-31-18(25)12-4-6-14-16(8-12)22(29)33-20(14)27/h3-8H,9-10H2,1-2H3. The molecule has 33 heavy (non-hydrogen) atoms. The summed E-state index contributed by atoms with van der Waals surface area (Å²) in [6.07, 6.45) is 0. The number of ether oxygens (including phenoxy) is 4. The van der Waals surface area contributed by atoms with E-state index >= 15 is 0 Å². The van der Waals surface area contributed by atoms with Crippen LogP contribution in [0.5, 0.6) is 0 Å². The average molecular weight is 452 g/mol. The Morgan fingerprint density at radius 1 is 0.667 bits per heavy atom. The lowest BCUT2D eigenvalue weighted by molar-refractivity contribution is 0.00609. The van der Waals surface area contributed by atoms with Crippen molar-refractivity contribution >= 4 is 35.8 Å². The third-order valence-corrected chi connectivity index (χ3v) is 4.95. The molecule has 0 amide bonds. The highest BCUT2D eigenvalue weighted by atomic mass is 16.6. The van der Waals surface area contributed by atoms with E-state index in [0.717, 1.165) is 0 Å². The van der Waals surface area contributed by atoms with Gasteiger partial charge in [0.15, 0.2) is 0 Å². The Morgan fingerprint density at radius 3 is 1.42 bits per heavy atom. The third kappa shape index (κ3) is 4.22. The summed E-state index contributed by atoms with van der Waals surface area (Å²) in [5, 5.41) is 0. The lowest BCUT2D eigenvalue weighted by Crippen LogP contribution is -2.28. The molecule has 168 valence electrons. The van der Waals surface area contributed by atoms with Crippen LogP contribution in [0.4, 0.5) is 0 Å². The van der Waals surface area contributed by atoms with Crippen LogP contribution in [0, 0.1) is 5.41 Å². The maximum absolute atomic E-state index is 12.4. The summed E-state index contributed by atoms with van der Waals surface area (Å²) in [6, 6.07) is 7.76. The Bertz CT molecular complexity index is 1160. The number of esters is 6. The second kappa shape index (κ2) is 7.97. The van der Waals surface area contributed by atoms with Crippen LogP contribution in [0.3, 0.4) is 0 Å². The molecule has 0 unspecified atom stereocenters. The highest BCUT2D eigenvalue weighted by Gasteiger charge is 2.32. The molecule has 0 fully saturated rings. The van der Waals surface area contributed by atoms with Crippen molar-refractivity contribution in [2.24, 2.45) is 5.41 Å². The summed E-state index contributed by atoms with van der Waals surface area (Å²) in [6.45, 7) is 3.16. The summed E-state index contributed by atoms with van der Waals surface area (Å²) in [5.74, 6) is -4.67. The van der Waals surface area contributed by atoms with Gasteiger partial charge in [0.05, 0.1) is 46.6 Å². The molecule has 10 heteroatoms. The van der Waals surface area contributed by atoms with Gasteiger partial charge in [0.2, 0.25) is 0 Å². The maximum Gasteiger partial charge on any atom is 0.346 e. The van der Waals surface area contributed by atoms with E-state index in [1.54, 1.807) is 13.8 Å². The second-order valence-corrected chi connectivity index (χ2v) is 8.19. The van der Waals surface area contributed by atoms with Crippen molar-refractivity contribution < 1.29 is 47.7 Å². The van der Waals surface area contributed by atoms with E-state index < -0.39 is 41.2 Å². The number of fused-ring (bicyclic) bond motifs is 2. The van der Waals surface area contributed by atoms with E-state index in [-0.39, 0.29) is 46.6 Å². The van der Waals surface area contributed by atoms with Crippen LogP contribution < -0.4 is 0 Å². The van der Waals surface area contributed by atoms with Crippen LogP contribution in [-0.2, 0) is 18.9 Å². The largest absolute Gasteiger partial charge is 0.461 e. The van der Waals surface area contributed by atoms with E-state index in [1.165, 1.54) is 36.4 Å².